The van der Waals surface area contributed by atoms with Crippen LogP contribution in [0.4, 0.5) is 5.69 Å². The van der Waals surface area contributed by atoms with E-state index in [0.29, 0.717) is 39.6 Å². The maximum absolute atomic E-state index is 11.3. The summed E-state index contributed by atoms with van der Waals surface area (Å²) in [5, 5.41) is 0. The molecule has 0 aliphatic rings. The lowest BCUT2D eigenvalue weighted by atomic mass is 10.1. The summed E-state index contributed by atoms with van der Waals surface area (Å²) in [6, 6.07) is 7.65. The van der Waals surface area contributed by atoms with Crippen LogP contribution in [0.3, 0.4) is 0 Å². The van der Waals surface area contributed by atoms with E-state index in [2.05, 4.69) is 17.5 Å². The van der Waals surface area contributed by atoms with Crippen molar-refractivity contribution in [2.75, 3.05) is 51.0 Å². The van der Waals surface area contributed by atoms with Gasteiger partial charge in [-0.2, -0.15) is 0 Å². The van der Waals surface area contributed by atoms with Gasteiger partial charge in [0, 0.05) is 18.2 Å². The predicted octanol–water partition coefficient (Wildman–Crippen LogP) is 3.38. The predicted molar refractivity (Wildman–Crippen MR) is 106 cm³/mol. The molecule has 1 aromatic rings. The Bertz CT molecular complexity index is 481. The third-order valence-corrected chi connectivity index (χ3v) is 3.83. The highest BCUT2D eigenvalue weighted by atomic mass is 32.1. The molecule has 0 unspecified atom stereocenters. The minimum atomic E-state index is 0.0191. The molecule has 148 valence electrons. The number of carbonyl (C=O) groups excluding carboxylic acids is 1. The van der Waals surface area contributed by atoms with Gasteiger partial charge in [0.15, 0.2) is 5.78 Å². The lowest BCUT2D eigenvalue weighted by Crippen LogP contribution is -2.17. The maximum atomic E-state index is 11.3. The van der Waals surface area contributed by atoms with Gasteiger partial charge in [-0.1, -0.05) is 26.7 Å². The van der Waals surface area contributed by atoms with Crippen LogP contribution >= 0.6 is 12.8 Å². The zero-order valence-electron chi connectivity index (χ0n) is 15.7. The highest BCUT2D eigenvalue weighted by Gasteiger charge is 2.06. The number of hydrogen-bond acceptors (Lipinski definition) is 7. The first kappa shape index (κ1) is 22.8. The molecule has 0 radical (unpaired) electrons. The fourth-order valence-corrected chi connectivity index (χ4v) is 2.05. The van der Waals surface area contributed by atoms with E-state index >= 15 is 0 Å². The van der Waals surface area contributed by atoms with Gasteiger partial charge in [0.25, 0.3) is 0 Å². The van der Waals surface area contributed by atoms with Gasteiger partial charge in [-0.25, -0.2) is 0 Å². The van der Waals surface area contributed by atoms with Crippen LogP contribution < -0.4 is 9.46 Å². The van der Waals surface area contributed by atoms with Gasteiger partial charge >= 0.3 is 0 Å². The molecule has 0 aliphatic heterocycles. The zero-order chi connectivity index (χ0) is 19.0. The Balaban J connectivity index is 1.82. The third-order valence-electron chi connectivity index (χ3n) is 3.57. The van der Waals surface area contributed by atoms with E-state index in [-0.39, 0.29) is 18.3 Å². The normalized spacial score (nSPS) is 10.9. The van der Waals surface area contributed by atoms with Crippen LogP contribution in [-0.2, 0) is 19.0 Å². The number of anilines is 1. The average molecular weight is 386 g/mol. The molecule has 7 heteroatoms. The number of benzene rings is 1. The Morgan fingerprint density at radius 3 is 2.12 bits per heavy atom. The molecule has 0 saturated carbocycles. The second-order valence-corrected chi connectivity index (χ2v) is 6.31. The lowest BCUT2D eigenvalue weighted by molar-refractivity contribution is -0.127. The standard InChI is InChI=1S/C19H31NO5S/c1-16(2)19(21)15-24-14-13-23-12-11-22-9-3-4-10-25-18-7-5-17(20-26)6-8-18/h5-8,16,20,26H,3-4,9-15H2,1-2H3. The van der Waals surface area contributed by atoms with Crippen molar-refractivity contribution in [3.05, 3.63) is 24.3 Å². The topological polar surface area (TPSA) is 66.0 Å². The van der Waals surface area contributed by atoms with Crippen molar-refractivity contribution in [2.45, 2.75) is 26.7 Å². The summed E-state index contributed by atoms with van der Waals surface area (Å²) in [6.07, 6.45) is 1.88. The summed E-state index contributed by atoms with van der Waals surface area (Å²) in [6.45, 7) is 7.25. The molecule has 0 saturated heterocycles. The first-order chi connectivity index (χ1) is 12.6. The minimum absolute atomic E-state index is 0.0191. The van der Waals surface area contributed by atoms with Crippen molar-refractivity contribution in [3.8, 4) is 5.75 Å². The van der Waals surface area contributed by atoms with Crippen LogP contribution in [-0.4, -0.2) is 52.0 Å². The van der Waals surface area contributed by atoms with Gasteiger partial charge in [0.05, 0.1) is 33.0 Å². The fraction of sp³-hybridized carbons (Fsp3) is 0.632. The van der Waals surface area contributed by atoms with E-state index in [4.69, 9.17) is 18.9 Å². The van der Waals surface area contributed by atoms with Crippen molar-refractivity contribution in [1.29, 1.82) is 0 Å². The molecule has 0 aromatic heterocycles. The van der Waals surface area contributed by atoms with Crippen LogP contribution in [0.25, 0.3) is 0 Å². The van der Waals surface area contributed by atoms with E-state index in [0.717, 1.165) is 24.3 Å². The summed E-state index contributed by atoms with van der Waals surface area (Å²) in [4.78, 5) is 11.3. The Labute approximate surface area is 162 Å². The third kappa shape index (κ3) is 11.4. The number of carbonyl (C=O) groups is 1. The average Bonchev–Trinajstić information content (AvgIpc) is 2.65. The first-order valence-corrected chi connectivity index (χ1v) is 9.47. The van der Waals surface area contributed by atoms with E-state index in [1.54, 1.807) is 0 Å². The van der Waals surface area contributed by atoms with Gasteiger partial charge in [-0.15, -0.1) is 0 Å². The van der Waals surface area contributed by atoms with Crippen molar-refractivity contribution in [2.24, 2.45) is 5.92 Å². The molecular weight excluding hydrogens is 354 g/mol. The second-order valence-electron chi connectivity index (χ2n) is 6.09. The molecule has 0 fully saturated rings. The fourth-order valence-electron chi connectivity index (χ4n) is 1.90. The number of ether oxygens (including phenoxy) is 4. The van der Waals surface area contributed by atoms with Gasteiger partial charge in [-0.05, 0) is 37.1 Å². The summed E-state index contributed by atoms with van der Waals surface area (Å²) < 4.78 is 24.5. The Hall–Kier alpha value is -1.28. The quantitative estimate of drug-likeness (QED) is 0.336. The SMILES string of the molecule is CC(C)C(=O)COCCOCCOCCCCOc1ccc(NS)cc1. The van der Waals surface area contributed by atoms with E-state index in [1.807, 2.05) is 38.1 Å². The molecule has 1 rings (SSSR count). The smallest absolute Gasteiger partial charge is 0.160 e. The zero-order valence-corrected chi connectivity index (χ0v) is 16.6. The molecule has 0 heterocycles. The highest BCUT2D eigenvalue weighted by molar-refractivity contribution is 7.81. The summed E-state index contributed by atoms with van der Waals surface area (Å²) in [5.74, 6) is 0.985. The van der Waals surface area contributed by atoms with Crippen molar-refractivity contribution in [3.63, 3.8) is 0 Å². The molecule has 1 aromatic carbocycles. The van der Waals surface area contributed by atoms with Gasteiger partial charge in [-0.3, -0.25) is 4.79 Å². The van der Waals surface area contributed by atoms with Gasteiger partial charge < -0.3 is 23.7 Å². The summed E-state index contributed by atoms with van der Waals surface area (Å²) in [7, 11) is 0. The summed E-state index contributed by atoms with van der Waals surface area (Å²) >= 11 is 3.98. The number of ketones is 1. The molecule has 1 N–H and O–H groups in total. The number of hydrogen-bond donors (Lipinski definition) is 2. The van der Waals surface area contributed by atoms with Crippen LogP contribution in [0.2, 0.25) is 0 Å². The Morgan fingerprint density at radius 1 is 0.923 bits per heavy atom. The largest absolute Gasteiger partial charge is 0.494 e. The van der Waals surface area contributed by atoms with Crippen LogP contribution in [0.1, 0.15) is 26.7 Å². The molecule has 26 heavy (non-hydrogen) atoms. The van der Waals surface area contributed by atoms with E-state index in [9.17, 15) is 4.79 Å². The number of unbranched alkanes of at least 4 members (excludes halogenated alkanes) is 1. The number of rotatable bonds is 16. The van der Waals surface area contributed by atoms with E-state index in [1.165, 1.54) is 0 Å². The Kier molecular flexibility index (Phi) is 13.0. The van der Waals surface area contributed by atoms with Crippen LogP contribution in [0, 0.1) is 5.92 Å². The number of thiol groups is 1. The molecule has 0 atom stereocenters. The van der Waals surface area contributed by atoms with Crippen molar-refractivity contribution in [1.82, 2.24) is 0 Å². The van der Waals surface area contributed by atoms with Crippen LogP contribution in [0.5, 0.6) is 5.75 Å². The molecular formula is C19H31NO5S. The number of nitrogens with one attached hydrogen (secondary N) is 1. The molecule has 0 aliphatic carbocycles. The second kappa shape index (κ2) is 14.8. The van der Waals surface area contributed by atoms with Gasteiger partial charge in [0.1, 0.15) is 12.4 Å². The molecule has 0 bridgehead atoms. The monoisotopic (exact) mass is 385 g/mol. The highest BCUT2D eigenvalue weighted by Crippen LogP contribution is 2.16. The Morgan fingerprint density at radius 2 is 1.50 bits per heavy atom. The van der Waals surface area contributed by atoms with Crippen molar-refractivity contribution >= 4 is 24.3 Å². The van der Waals surface area contributed by atoms with E-state index < -0.39 is 0 Å². The van der Waals surface area contributed by atoms with Crippen LogP contribution in [0.15, 0.2) is 24.3 Å². The first-order valence-electron chi connectivity index (χ1n) is 9.02. The van der Waals surface area contributed by atoms with Gasteiger partial charge in [0.2, 0.25) is 0 Å². The molecule has 0 spiro atoms. The minimum Gasteiger partial charge on any atom is -0.494 e. The molecule has 0 amide bonds. The van der Waals surface area contributed by atoms with Crippen molar-refractivity contribution < 1.29 is 23.7 Å². The lowest BCUT2D eigenvalue weighted by Gasteiger charge is -2.08. The summed E-state index contributed by atoms with van der Waals surface area (Å²) in [5.41, 5.74) is 0.937. The maximum Gasteiger partial charge on any atom is 0.160 e. The molecule has 6 nitrogen and oxygen atoms in total. The number of Topliss-reactive ketones (excluding diaryl/α,β-unsaturated/α-hetero) is 1.